The number of nitrogens with zero attached hydrogens (tertiary/aromatic N) is 3. The van der Waals surface area contributed by atoms with E-state index < -0.39 is 4.92 Å². The molecular weight excluding hydrogens is 160 g/mol. The molecule has 0 aliphatic rings. The van der Waals surface area contributed by atoms with Crippen molar-refractivity contribution in [2.75, 3.05) is 0 Å². The van der Waals surface area contributed by atoms with Crippen molar-refractivity contribution in [3.05, 3.63) is 22.4 Å². The zero-order valence-corrected chi connectivity index (χ0v) is 6.67. The van der Waals surface area contributed by atoms with Crippen LogP contribution in [0.5, 0.6) is 0 Å². The van der Waals surface area contributed by atoms with Crippen LogP contribution in [-0.4, -0.2) is 20.7 Å². The largest absolute Gasteiger partial charge is 0.358 e. The Morgan fingerprint density at radius 3 is 3.08 bits per heavy atom. The van der Waals surface area contributed by atoms with Gasteiger partial charge in [-0.1, -0.05) is 5.10 Å². The lowest BCUT2D eigenvalue weighted by molar-refractivity contribution is -0.392. The normalized spacial score (nSPS) is 12.8. The van der Waals surface area contributed by atoms with Crippen LogP contribution in [0.25, 0.3) is 0 Å². The molecule has 1 unspecified atom stereocenters. The molecule has 12 heavy (non-hydrogen) atoms. The number of hydrogen-bond donors (Lipinski definition) is 1. The second-order valence-electron chi connectivity index (χ2n) is 2.61. The van der Waals surface area contributed by atoms with Crippen LogP contribution in [0, 0.1) is 10.1 Å². The molecule has 0 bridgehead atoms. The lowest BCUT2D eigenvalue weighted by Gasteiger charge is -2.01. The van der Waals surface area contributed by atoms with Gasteiger partial charge in [0, 0.05) is 6.04 Å². The molecule has 0 amide bonds. The van der Waals surface area contributed by atoms with E-state index in [1.165, 1.54) is 16.9 Å². The first-order chi connectivity index (χ1) is 5.61. The van der Waals surface area contributed by atoms with Crippen molar-refractivity contribution < 1.29 is 4.92 Å². The summed E-state index contributed by atoms with van der Waals surface area (Å²) in [4.78, 5) is 9.89. The summed E-state index contributed by atoms with van der Waals surface area (Å²) in [7, 11) is 0. The molecule has 0 aromatic carbocycles. The van der Waals surface area contributed by atoms with Crippen molar-refractivity contribution in [2.24, 2.45) is 5.73 Å². The molecule has 1 heterocycles. The van der Waals surface area contributed by atoms with E-state index in [9.17, 15) is 10.1 Å². The second kappa shape index (κ2) is 3.31. The molecule has 2 N–H and O–H groups in total. The smallest absolute Gasteiger partial charge is 0.344 e. The van der Waals surface area contributed by atoms with Gasteiger partial charge in [-0.25, -0.2) is 0 Å². The third kappa shape index (κ3) is 1.79. The van der Waals surface area contributed by atoms with Crippen molar-refractivity contribution in [1.29, 1.82) is 0 Å². The zero-order valence-electron chi connectivity index (χ0n) is 6.67. The minimum Gasteiger partial charge on any atom is -0.358 e. The molecule has 6 heteroatoms. The van der Waals surface area contributed by atoms with Gasteiger partial charge in [0.05, 0.1) is 12.3 Å². The van der Waals surface area contributed by atoms with Crippen molar-refractivity contribution in [3.63, 3.8) is 0 Å². The SMILES string of the molecule is CC(N)Cn1nccc1[N+](=O)[O-]. The average Bonchev–Trinajstić information content (AvgIpc) is 2.33. The minimum absolute atomic E-state index is 0.0210. The quantitative estimate of drug-likeness (QED) is 0.516. The Bertz CT molecular complexity index is 281. The van der Waals surface area contributed by atoms with E-state index in [0.717, 1.165) is 0 Å². The summed E-state index contributed by atoms with van der Waals surface area (Å²) in [5, 5.41) is 14.1. The molecule has 1 rings (SSSR count). The van der Waals surface area contributed by atoms with Crippen LogP contribution >= 0.6 is 0 Å². The summed E-state index contributed by atoms with van der Waals surface area (Å²) in [6, 6.07) is 1.21. The van der Waals surface area contributed by atoms with E-state index in [1.807, 2.05) is 0 Å². The highest BCUT2D eigenvalue weighted by Crippen LogP contribution is 2.08. The number of nitrogens with two attached hydrogens (primary N) is 1. The van der Waals surface area contributed by atoms with Crippen molar-refractivity contribution in [2.45, 2.75) is 19.5 Å². The first-order valence-electron chi connectivity index (χ1n) is 3.53. The third-order valence-electron chi connectivity index (χ3n) is 1.34. The first kappa shape index (κ1) is 8.66. The van der Waals surface area contributed by atoms with Crippen molar-refractivity contribution in [3.8, 4) is 0 Å². The molecular formula is C6H10N4O2. The van der Waals surface area contributed by atoms with Crippen LogP contribution in [0.3, 0.4) is 0 Å². The Kier molecular flexibility index (Phi) is 2.39. The van der Waals surface area contributed by atoms with Crippen LogP contribution in [0.4, 0.5) is 5.82 Å². The fourth-order valence-electron chi connectivity index (χ4n) is 0.894. The molecule has 1 aromatic rings. The van der Waals surface area contributed by atoms with E-state index in [0.29, 0.717) is 6.54 Å². The Morgan fingerprint density at radius 2 is 2.58 bits per heavy atom. The molecule has 0 radical (unpaired) electrons. The highest BCUT2D eigenvalue weighted by molar-refractivity contribution is 5.16. The van der Waals surface area contributed by atoms with Gasteiger partial charge in [-0.15, -0.1) is 4.68 Å². The molecule has 1 atom stereocenters. The molecule has 0 saturated heterocycles. The van der Waals surface area contributed by atoms with Gasteiger partial charge in [-0.05, 0) is 11.8 Å². The van der Waals surface area contributed by atoms with Crippen LogP contribution < -0.4 is 5.73 Å². The van der Waals surface area contributed by atoms with Gasteiger partial charge in [-0.3, -0.25) is 0 Å². The van der Waals surface area contributed by atoms with Gasteiger partial charge in [0.1, 0.15) is 6.54 Å². The third-order valence-corrected chi connectivity index (χ3v) is 1.34. The Hall–Kier alpha value is -1.43. The maximum Gasteiger partial charge on any atom is 0.344 e. The summed E-state index contributed by atoms with van der Waals surface area (Å²) >= 11 is 0. The van der Waals surface area contributed by atoms with Gasteiger partial charge >= 0.3 is 5.82 Å². The van der Waals surface area contributed by atoms with Gasteiger partial charge < -0.3 is 15.8 Å². The van der Waals surface area contributed by atoms with Gasteiger partial charge in [0.15, 0.2) is 0 Å². The van der Waals surface area contributed by atoms with Gasteiger partial charge in [-0.2, -0.15) is 0 Å². The number of rotatable bonds is 3. The highest BCUT2D eigenvalue weighted by Gasteiger charge is 2.14. The molecule has 6 nitrogen and oxygen atoms in total. The lowest BCUT2D eigenvalue weighted by atomic mass is 10.4. The molecule has 66 valence electrons. The fourth-order valence-corrected chi connectivity index (χ4v) is 0.894. The predicted octanol–water partition coefficient (Wildman–Crippen LogP) is 0.138. The maximum atomic E-state index is 10.4. The van der Waals surface area contributed by atoms with Crippen LogP contribution in [0.15, 0.2) is 12.3 Å². The average molecular weight is 170 g/mol. The Morgan fingerprint density at radius 1 is 1.92 bits per heavy atom. The van der Waals surface area contributed by atoms with Crippen LogP contribution in [0.1, 0.15) is 6.92 Å². The van der Waals surface area contributed by atoms with Gasteiger partial charge in [0.2, 0.25) is 0 Å². The Balaban J connectivity index is 2.84. The summed E-state index contributed by atoms with van der Waals surface area (Å²) < 4.78 is 1.28. The standard InChI is InChI=1S/C6H10N4O2/c1-5(7)4-9-6(10(11)12)2-3-8-9/h2-3,5H,4,7H2,1H3. The van der Waals surface area contributed by atoms with Crippen LogP contribution in [0.2, 0.25) is 0 Å². The fraction of sp³-hybridized carbons (Fsp3) is 0.500. The molecule has 0 saturated carbocycles. The second-order valence-corrected chi connectivity index (χ2v) is 2.61. The minimum atomic E-state index is -0.477. The summed E-state index contributed by atoms with van der Waals surface area (Å²) in [6.45, 7) is 2.13. The topological polar surface area (TPSA) is 87.0 Å². The summed E-state index contributed by atoms with van der Waals surface area (Å²) in [6.07, 6.45) is 1.39. The first-order valence-corrected chi connectivity index (χ1v) is 3.53. The zero-order chi connectivity index (χ0) is 9.14. The predicted molar refractivity (Wildman–Crippen MR) is 42.5 cm³/mol. The maximum absolute atomic E-state index is 10.4. The highest BCUT2D eigenvalue weighted by atomic mass is 16.6. The van der Waals surface area contributed by atoms with Crippen LogP contribution in [-0.2, 0) is 6.54 Å². The Labute approximate surface area is 69.1 Å². The summed E-state index contributed by atoms with van der Waals surface area (Å²) in [5.41, 5.74) is 5.47. The van der Waals surface area contributed by atoms with E-state index in [-0.39, 0.29) is 11.9 Å². The molecule has 0 aliphatic carbocycles. The molecule has 0 spiro atoms. The van der Waals surface area contributed by atoms with E-state index >= 15 is 0 Å². The van der Waals surface area contributed by atoms with E-state index in [1.54, 1.807) is 6.92 Å². The molecule has 0 aliphatic heterocycles. The monoisotopic (exact) mass is 170 g/mol. The van der Waals surface area contributed by atoms with E-state index in [4.69, 9.17) is 5.73 Å². The van der Waals surface area contributed by atoms with Crippen molar-refractivity contribution in [1.82, 2.24) is 9.78 Å². The molecule has 1 aromatic heterocycles. The molecule has 0 fully saturated rings. The number of aromatic nitrogens is 2. The number of hydrogen-bond acceptors (Lipinski definition) is 4. The van der Waals surface area contributed by atoms with E-state index in [2.05, 4.69) is 5.10 Å². The number of nitro groups is 1. The lowest BCUT2D eigenvalue weighted by Crippen LogP contribution is -2.23. The summed E-state index contributed by atoms with van der Waals surface area (Å²) in [5.74, 6) is -0.0210. The van der Waals surface area contributed by atoms with Gasteiger partial charge in [0.25, 0.3) is 0 Å². The van der Waals surface area contributed by atoms with Crippen molar-refractivity contribution >= 4 is 5.82 Å².